The van der Waals surface area contributed by atoms with Gasteiger partial charge in [0, 0.05) is 49.1 Å². The highest BCUT2D eigenvalue weighted by molar-refractivity contribution is 6.10. The quantitative estimate of drug-likeness (QED) is 0.350. The van der Waals surface area contributed by atoms with Gasteiger partial charge >= 0.3 is 0 Å². The second kappa shape index (κ2) is 11.8. The molecule has 3 aromatic carbocycles. The van der Waals surface area contributed by atoms with Crippen LogP contribution in [-0.4, -0.2) is 71.1 Å². The van der Waals surface area contributed by atoms with Crippen LogP contribution in [0, 0.1) is 5.92 Å². The van der Waals surface area contributed by atoms with Crippen molar-refractivity contribution in [2.45, 2.75) is 39.1 Å². The van der Waals surface area contributed by atoms with Crippen LogP contribution in [-0.2, 0) is 24.9 Å². The Hall–Kier alpha value is -3.85. The maximum Gasteiger partial charge on any atom is 0.271 e. The molecule has 8 nitrogen and oxygen atoms in total. The number of aromatic nitrogens is 1. The van der Waals surface area contributed by atoms with Crippen molar-refractivity contribution >= 4 is 16.8 Å². The van der Waals surface area contributed by atoms with Crippen LogP contribution < -0.4 is 9.47 Å². The Morgan fingerprint density at radius 3 is 2.64 bits per heavy atom. The molecule has 0 radical (unpaired) electrons. The van der Waals surface area contributed by atoms with Gasteiger partial charge in [-0.15, -0.1) is 0 Å². The van der Waals surface area contributed by atoms with Gasteiger partial charge in [-0.05, 0) is 48.9 Å². The fourth-order valence-electron chi connectivity index (χ4n) is 6.25. The molecule has 0 spiro atoms. The number of rotatable bonds is 6. The Morgan fingerprint density at radius 1 is 1.05 bits per heavy atom. The Balaban J connectivity index is 1.37. The fraction of sp³-hybridized carbons (Fsp3) is 0.382. The maximum atomic E-state index is 14.5. The van der Waals surface area contributed by atoms with Crippen LogP contribution in [0.15, 0.2) is 66.7 Å². The molecular weight excluding hydrogens is 530 g/mol. The first-order valence-electron chi connectivity index (χ1n) is 14.6. The number of fused-ring (bicyclic) bond motifs is 6. The van der Waals surface area contributed by atoms with E-state index in [1.54, 1.807) is 0 Å². The topological polar surface area (TPSA) is 76.4 Å². The van der Waals surface area contributed by atoms with E-state index in [9.17, 15) is 9.90 Å². The first kappa shape index (κ1) is 28.3. The zero-order valence-electron chi connectivity index (χ0n) is 24.7. The standard InChI is InChI=1S/C34H39N3O5/c1-22-16-37(23(2)19-38)34(39)33-32(27-11-7-8-12-28(27)36(33)4)26-10-6-5-9-25(26)20-40-31(22)18-35(3)17-24-13-14-29-30(15-24)42-21-41-29/h5-15,22-23,31,38H,16-21H2,1-4H3/t22-,23-,31-/m1/s1. The number of hydrogen-bond acceptors (Lipinski definition) is 6. The van der Waals surface area contributed by atoms with Gasteiger partial charge in [0.1, 0.15) is 5.69 Å². The van der Waals surface area contributed by atoms with Gasteiger partial charge in [0.05, 0.1) is 25.4 Å². The summed E-state index contributed by atoms with van der Waals surface area (Å²) in [7, 11) is 4.04. The number of nitrogens with zero attached hydrogens (tertiary/aromatic N) is 3. The lowest BCUT2D eigenvalue weighted by molar-refractivity contribution is -0.0242. The molecule has 1 N–H and O–H groups in total. The predicted molar refractivity (Wildman–Crippen MR) is 163 cm³/mol. The van der Waals surface area contributed by atoms with Crippen LogP contribution in [0.25, 0.3) is 22.0 Å². The summed E-state index contributed by atoms with van der Waals surface area (Å²) in [4.78, 5) is 18.6. The van der Waals surface area contributed by atoms with E-state index in [0.717, 1.165) is 44.7 Å². The molecule has 42 heavy (non-hydrogen) atoms. The third-order valence-corrected chi connectivity index (χ3v) is 8.61. The Bertz CT molecular complexity index is 1600. The number of aliphatic hydroxyl groups is 1. The van der Waals surface area contributed by atoms with Gasteiger partial charge in [0.15, 0.2) is 11.5 Å². The molecule has 0 aliphatic carbocycles. The summed E-state index contributed by atoms with van der Waals surface area (Å²) in [6, 6.07) is 22.1. The first-order valence-corrected chi connectivity index (χ1v) is 14.6. The third-order valence-electron chi connectivity index (χ3n) is 8.61. The molecule has 2 aliphatic rings. The monoisotopic (exact) mass is 569 g/mol. The highest BCUT2D eigenvalue weighted by Gasteiger charge is 2.33. The molecule has 0 saturated carbocycles. The summed E-state index contributed by atoms with van der Waals surface area (Å²) in [6.07, 6.45) is -0.156. The number of amides is 1. The van der Waals surface area contributed by atoms with E-state index in [-0.39, 0.29) is 37.4 Å². The zero-order chi connectivity index (χ0) is 29.4. The summed E-state index contributed by atoms with van der Waals surface area (Å²) >= 11 is 0. The van der Waals surface area contributed by atoms with Crippen molar-refractivity contribution in [3.05, 3.63) is 83.6 Å². The van der Waals surface area contributed by atoms with Crippen molar-refractivity contribution in [1.29, 1.82) is 0 Å². The highest BCUT2D eigenvalue weighted by Crippen LogP contribution is 2.38. The third kappa shape index (κ3) is 5.26. The molecule has 0 fully saturated rings. The lowest BCUT2D eigenvalue weighted by Gasteiger charge is -2.35. The average molecular weight is 570 g/mol. The molecule has 0 unspecified atom stereocenters. The first-order chi connectivity index (χ1) is 20.4. The van der Waals surface area contributed by atoms with Gasteiger partial charge in [-0.1, -0.05) is 55.5 Å². The minimum atomic E-state index is -0.353. The minimum absolute atomic E-state index is 0.00514. The molecule has 3 atom stereocenters. The van der Waals surface area contributed by atoms with Crippen molar-refractivity contribution in [1.82, 2.24) is 14.4 Å². The summed E-state index contributed by atoms with van der Waals surface area (Å²) in [5, 5.41) is 11.3. The van der Waals surface area contributed by atoms with Gasteiger partial charge in [-0.25, -0.2) is 0 Å². The normalized spacial score (nSPS) is 19.5. The fourth-order valence-corrected chi connectivity index (χ4v) is 6.25. The summed E-state index contributed by atoms with van der Waals surface area (Å²) < 4.78 is 19.8. The molecule has 1 amide bonds. The molecule has 4 aromatic rings. The van der Waals surface area contributed by atoms with E-state index in [1.807, 2.05) is 59.8 Å². The van der Waals surface area contributed by atoms with Crippen LogP contribution in [0.2, 0.25) is 0 Å². The van der Waals surface area contributed by atoms with Crippen LogP contribution >= 0.6 is 0 Å². The van der Waals surface area contributed by atoms with Gasteiger partial charge in [-0.2, -0.15) is 0 Å². The second-order valence-corrected chi connectivity index (χ2v) is 11.7. The number of carbonyl (C=O) groups excluding carboxylic acids is 1. The minimum Gasteiger partial charge on any atom is -0.454 e. The van der Waals surface area contributed by atoms with E-state index in [0.29, 0.717) is 31.9 Å². The molecule has 220 valence electrons. The molecular formula is C34H39N3O5. The maximum absolute atomic E-state index is 14.5. The van der Waals surface area contributed by atoms with E-state index < -0.39 is 0 Å². The van der Waals surface area contributed by atoms with Crippen LogP contribution in [0.1, 0.15) is 35.5 Å². The number of benzene rings is 3. The smallest absolute Gasteiger partial charge is 0.271 e. The number of aryl methyl sites for hydroxylation is 1. The average Bonchev–Trinajstić information content (AvgIpc) is 3.58. The SMILES string of the molecule is C[C@@H]1CN([C@H](C)CO)C(=O)c2c(c3ccccc3n2C)-c2ccccc2CO[C@@H]1CN(C)Cc1ccc2c(c1)OCO2. The molecule has 1 aromatic heterocycles. The van der Waals surface area contributed by atoms with Crippen LogP contribution in [0.4, 0.5) is 0 Å². The van der Waals surface area contributed by atoms with Gasteiger partial charge in [0.2, 0.25) is 6.79 Å². The van der Waals surface area contributed by atoms with E-state index in [4.69, 9.17) is 14.2 Å². The summed E-state index contributed by atoms with van der Waals surface area (Å²) in [5.74, 6) is 1.47. The molecule has 6 rings (SSSR count). The number of carbonyl (C=O) groups is 1. The molecule has 0 saturated heterocycles. The van der Waals surface area contributed by atoms with E-state index >= 15 is 0 Å². The zero-order valence-corrected chi connectivity index (χ0v) is 24.7. The number of aliphatic hydroxyl groups excluding tert-OH is 1. The molecule has 2 aliphatic heterocycles. The van der Waals surface area contributed by atoms with Crippen molar-refractivity contribution < 1.29 is 24.1 Å². The predicted octanol–water partition coefficient (Wildman–Crippen LogP) is 5.06. The number of hydrogen-bond donors (Lipinski definition) is 1. The van der Waals surface area contributed by atoms with Crippen LogP contribution in [0.3, 0.4) is 0 Å². The van der Waals surface area contributed by atoms with Gasteiger partial charge in [-0.3, -0.25) is 9.69 Å². The van der Waals surface area contributed by atoms with Gasteiger partial charge < -0.3 is 28.8 Å². The van der Waals surface area contributed by atoms with Crippen molar-refractivity contribution in [2.75, 3.05) is 33.5 Å². The van der Waals surface area contributed by atoms with Gasteiger partial charge in [0.25, 0.3) is 5.91 Å². The Labute approximate surface area is 247 Å². The Kier molecular flexibility index (Phi) is 7.94. The molecule has 8 heteroatoms. The largest absolute Gasteiger partial charge is 0.454 e. The molecule has 3 heterocycles. The number of para-hydroxylation sites is 1. The Morgan fingerprint density at radius 2 is 1.81 bits per heavy atom. The van der Waals surface area contributed by atoms with Crippen molar-refractivity contribution in [2.24, 2.45) is 13.0 Å². The van der Waals surface area contributed by atoms with Crippen LogP contribution in [0.5, 0.6) is 11.5 Å². The lowest BCUT2D eigenvalue weighted by Crippen LogP contribution is -2.47. The van der Waals surface area contributed by atoms with E-state index in [2.05, 4.69) is 49.2 Å². The second-order valence-electron chi connectivity index (χ2n) is 11.7. The van der Waals surface area contributed by atoms with Crippen molar-refractivity contribution in [3.8, 4) is 22.6 Å². The lowest BCUT2D eigenvalue weighted by atomic mass is 9.96. The summed E-state index contributed by atoms with van der Waals surface area (Å²) in [6.45, 7) is 6.44. The van der Waals surface area contributed by atoms with Crippen molar-refractivity contribution in [3.63, 3.8) is 0 Å². The highest BCUT2D eigenvalue weighted by atomic mass is 16.7. The van der Waals surface area contributed by atoms with E-state index in [1.165, 1.54) is 0 Å². The number of likely N-dealkylation sites (N-methyl/N-ethyl adjacent to an activating group) is 1. The molecule has 0 bridgehead atoms. The number of ether oxygens (including phenoxy) is 3. The summed E-state index contributed by atoms with van der Waals surface area (Å²) in [5.41, 5.74) is 5.71.